The first-order valence-electron chi connectivity index (χ1n) is 7.95. The second-order valence-corrected chi connectivity index (χ2v) is 8.08. The van der Waals surface area contributed by atoms with Crippen LogP contribution in [0.5, 0.6) is 0 Å². The molecule has 0 amide bonds. The largest absolute Gasteiger partial charge is 0.271 e. The molecule has 6 nitrogen and oxygen atoms in total. The maximum atomic E-state index is 13.1. The SMILES string of the molecule is Cc1cc([N+](=O)[O-])cc(S(=O)(=O)N(C)c2ccc3ccccc3c2)c1C. The Hall–Kier alpha value is -2.93. The molecule has 0 aromatic heterocycles. The average molecular weight is 370 g/mol. The molecular formula is C19H18N2O4S. The van der Waals surface area contributed by atoms with Crippen LogP contribution >= 0.6 is 0 Å². The fourth-order valence-electron chi connectivity index (χ4n) is 2.84. The second kappa shape index (κ2) is 6.42. The highest BCUT2D eigenvalue weighted by Crippen LogP contribution is 2.30. The summed E-state index contributed by atoms with van der Waals surface area (Å²) in [6.45, 7) is 3.32. The van der Waals surface area contributed by atoms with Gasteiger partial charge >= 0.3 is 0 Å². The van der Waals surface area contributed by atoms with E-state index in [1.54, 1.807) is 26.0 Å². The normalized spacial score (nSPS) is 11.5. The highest BCUT2D eigenvalue weighted by Gasteiger charge is 2.27. The van der Waals surface area contributed by atoms with E-state index in [0.29, 0.717) is 16.8 Å². The molecule has 3 aromatic carbocycles. The third kappa shape index (κ3) is 3.01. The van der Waals surface area contributed by atoms with Crippen molar-refractivity contribution in [2.45, 2.75) is 18.7 Å². The van der Waals surface area contributed by atoms with Gasteiger partial charge in [-0.1, -0.05) is 30.3 Å². The van der Waals surface area contributed by atoms with Gasteiger partial charge in [-0.25, -0.2) is 8.42 Å². The van der Waals surface area contributed by atoms with Crippen LogP contribution in [0.3, 0.4) is 0 Å². The molecule has 0 saturated heterocycles. The van der Waals surface area contributed by atoms with Crippen molar-refractivity contribution in [1.29, 1.82) is 0 Å². The first-order valence-corrected chi connectivity index (χ1v) is 9.39. The van der Waals surface area contributed by atoms with Gasteiger partial charge in [0.25, 0.3) is 15.7 Å². The number of sulfonamides is 1. The van der Waals surface area contributed by atoms with E-state index in [1.165, 1.54) is 13.1 Å². The molecule has 0 radical (unpaired) electrons. The first-order chi connectivity index (χ1) is 12.2. The summed E-state index contributed by atoms with van der Waals surface area (Å²) in [4.78, 5) is 10.5. The van der Waals surface area contributed by atoms with Crippen LogP contribution in [-0.2, 0) is 10.0 Å². The van der Waals surface area contributed by atoms with Crippen molar-refractivity contribution < 1.29 is 13.3 Å². The quantitative estimate of drug-likeness (QED) is 0.509. The molecule has 3 rings (SSSR count). The van der Waals surface area contributed by atoms with Crippen molar-refractivity contribution in [3.8, 4) is 0 Å². The number of nitro groups is 1. The molecule has 0 bridgehead atoms. The van der Waals surface area contributed by atoms with E-state index in [-0.39, 0.29) is 10.6 Å². The van der Waals surface area contributed by atoms with Crippen molar-refractivity contribution >= 4 is 32.2 Å². The third-order valence-corrected chi connectivity index (χ3v) is 6.46. The smallest absolute Gasteiger partial charge is 0.269 e. The third-order valence-electron chi connectivity index (χ3n) is 4.55. The molecule has 0 atom stereocenters. The Labute approximate surface area is 151 Å². The van der Waals surface area contributed by atoms with Crippen molar-refractivity contribution in [1.82, 2.24) is 0 Å². The lowest BCUT2D eigenvalue weighted by atomic mass is 10.1. The number of hydrogen-bond donors (Lipinski definition) is 0. The highest BCUT2D eigenvalue weighted by molar-refractivity contribution is 7.92. The van der Waals surface area contributed by atoms with E-state index < -0.39 is 14.9 Å². The van der Waals surface area contributed by atoms with Crippen molar-refractivity contribution in [2.75, 3.05) is 11.4 Å². The zero-order valence-corrected chi connectivity index (χ0v) is 15.4. The fourth-order valence-corrected chi connectivity index (χ4v) is 4.34. The topological polar surface area (TPSA) is 80.5 Å². The van der Waals surface area contributed by atoms with Gasteiger partial charge < -0.3 is 0 Å². The monoisotopic (exact) mass is 370 g/mol. The van der Waals surface area contributed by atoms with E-state index in [2.05, 4.69) is 0 Å². The van der Waals surface area contributed by atoms with Gasteiger partial charge in [0.1, 0.15) is 0 Å². The summed E-state index contributed by atoms with van der Waals surface area (Å²) in [5, 5.41) is 13.0. The molecule has 0 heterocycles. The Morgan fingerprint density at radius 2 is 1.62 bits per heavy atom. The van der Waals surface area contributed by atoms with Crippen LogP contribution in [-0.4, -0.2) is 20.4 Å². The summed E-state index contributed by atoms with van der Waals surface area (Å²) in [7, 11) is -2.49. The van der Waals surface area contributed by atoms with Gasteiger partial charge in [-0.2, -0.15) is 0 Å². The number of benzene rings is 3. The van der Waals surface area contributed by atoms with Gasteiger partial charge in [-0.05, 0) is 47.9 Å². The number of aryl methyl sites for hydroxylation is 1. The minimum Gasteiger partial charge on any atom is -0.269 e. The standard InChI is InChI=1S/C19H18N2O4S/c1-13-10-18(21(22)23)12-19(14(13)2)26(24,25)20(3)17-9-8-15-6-4-5-7-16(15)11-17/h4-12H,1-3H3. The molecule has 26 heavy (non-hydrogen) atoms. The van der Waals surface area contributed by atoms with Crippen LogP contribution in [0.2, 0.25) is 0 Å². The van der Waals surface area contributed by atoms with Gasteiger partial charge in [0.15, 0.2) is 0 Å². The average Bonchev–Trinajstić information content (AvgIpc) is 2.62. The summed E-state index contributed by atoms with van der Waals surface area (Å²) in [6.07, 6.45) is 0. The maximum Gasteiger partial charge on any atom is 0.271 e. The number of rotatable bonds is 4. The van der Waals surface area contributed by atoms with Crippen LogP contribution < -0.4 is 4.31 Å². The second-order valence-electron chi connectivity index (χ2n) is 6.15. The van der Waals surface area contributed by atoms with Gasteiger partial charge in [-0.15, -0.1) is 0 Å². The van der Waals surface area contributed by atoms with E-state index >= 15 is 0 Å². The molecule has 0 saturated carbocycles. The number of non-ortho nitro benzene ring substituents is 1. The lowest BCUT2D eigenvalue weighted by Gasteiger charge is -2.21. The lowest BCUT2D eigenvalue weighted by Crippen LogP contribution is -2.27. The summed E-state index contributed by atoms with van der Waals surface area (Å²) in [6, 6.07) is 15.5. The Bertz CT molecular complexity index is 1120. The Morgan fingerprint density at radius 1 is 0.962 bits per heavy atom. The van der Waals surface area contributed by atoms with Crippen LogP contribution in [0.4, 0.5) is 11.4 Å². The van der Waals surface area contributed by atoms with E-state index in [1.807, 2.05) is 30.3 Å². The molecule has 134 valence electrons. The number of fused-ring (bicyclic) bond motifs is 1. The minimum absolute atomic E-state index is 0.0557. The van der Waals surface area contributed by atoms with Crippen molar-refractivity contribution in [3.05, 3.63) is 75.8 Å². The summed E-state index contributed by atoms with van der Waals surface area (Å²) >= 11 is 0. The summed E-state index contributed by atoms with van der Waals surface area (Å²) < 4.78 is 27.4. The van der Waals surface area contributed by atoms with E-state index in [0.717, 1.165) is 21.1 Å². The van der Waals surface area contributed by atoms with Crippen molar-refractivity contribution in [2.24, 2.45) is 0 Å². The first kappa shape index (κ1) is 17.9. The molecule has 0 fully saturated rings. The van der Waals surface area contributed by atoms with Crippen LogP contribution in [0, 0.1) is 24.0 Å². The molecule has 0 aliphatic rings. The zero-order valence-electron chi connectivity index (χ0n) is 14.6. The van der Waals surface area contributed by atoms with E-state index in [9.17, 15) is 18.5 Å². The maximum absolute atomic E-state index is 13.1. The number of nitro benzene ring substituents is 1. The number of hydrogen-bond acceptors (Lipinski definition) is 4. The Balaban J connectivity index is 2.13. The summed E-state index contributed by atoms with van der Waals surface area (Å²) in [5.74, 6) is 0. The van der Waals surface area contributed by atoms with Crippen LogP contribution in [0.1, 0.15) is 11.1 Å². The number of nitrogens with zero attached hydrogens (tertiary/aromatic N) is 2. The van der Waals surface area contributed by atoms with Crippen LogP contribution in [0.25, 0.3) is 10.8 Å². The predicted octanol–water partition coefficient (Wildman–Crippen LogP) is 4.19. The zero-order chi connectivity index (χ0) is 19.1. The lowest BCUT2D eigenvalue weighted by molar-refractivity contribution is -0.385. The Morgan fingerprint density at radius 3 is 2.27 bits per heavy atom. The summed E-state index contributed by atoms with van der Waals surface area (Å²) in [5.41, 5.74) is 1.32. The molecule has 3 aromatic rings. The number of anilines is 1. The molecule has 0 aliphatic carbocycles. The van der Waals surface area contributed by atoms with Gasteiger partial charge in [0.2, 0.25) is 0 Å². The molecule has 0 unspecified atom stereocenters. The highest BCUT2D eigenvalue weighted by atomic mass is 32.2. The molecule has 7 heteroatoms. The van der Waals surface area contributed by atoms with Gasteiger partial charge in [-0.3, -0.25) is 14.4 Å². The fraction of sp³-hybridized carbons (Fsp3) is 0.158. The molecule has 0 spiro atoms. The molecular weight excluding hydrogens is 352 g/mol. The van der Waals surface area contributed by atoms with Crippen LogP contribution in [0.15, 0.2) is 59.5 Å². The minimum atomic E-state index is -3.94. The van der Waals surface area contributed by atoms with Crippen molar-refractivity contribution in [3.63, 3.8) is 0 Å². The van der Waals surface area contributed by atoms with E-state index in [4.69, 9.17) is 0 Å². The van der Waals surface area contributed by atoms with Gasteiger partial charge in [0, 0.05) is 19.2 Å². The Kier molecular flexibility index (Phi) is 4.41. The molecule has 0 aliphatic heterocycles. The molecule has 0 N–H and O–H groups in total. The van der Waals surface area contributed by atoms with Gasteiger partial charge in [0.05, 0.1) is 15.5 Å². The predicted molar refractivity (Wildman–Crippen MR) is 102 cm³/mol.